The van der Waals surface area contributed by atoms with Crippen molar-refractivity contribution in [3.05, 3.63) is 29.3 Å². The molecule has 1 rings (SSSR count). The molecule has 0 unspecified atom stereocenters. The largest absolute Gasteiger partial charge is 0.399 e. The summed E-state index contributed by atoms with van der Waals surface area (Å²) in [5.41, 5.74) is 9.63. The molecule has 0 spiro atoms. The first-order valence-corrected chi connectivity index (χ1v) is 5.65. The minimum atomic E-state index is 0.899. The zero-order valence-corrected chi connectivity index (χ0v) is 9.34. The number of hydrogen-bond acceptors (Lipinski definition) is 1. The molecule has 0 aromatic heterocycles. The maximum Gasteiger partial charge on any atom is 0.0316 e. The van der Waals surface area contributed by atoms with Gasteiger partial charge < -0.3 is 5.73 Å². The topological polar surface area (TPSA) is 26.0 Å². The molecule has 0 fully saturated rings. The molecule has 1 aromatic carbocycles. The molecule has 1 aromatic rings. The van der Waals surface area contributed by atoms with Crippen LogP contribution in [0.1, 0.15) is 44.2 Å². The summed E-state index contributed by atoms with van der Waals surface area (Å²) in [6.45, 7) is 4.45. The van der Waals surface area contributed by atoms with Crippen molar-refractivity contribution in [2.24, 2.45) is 0 Å². The summed E-state index contributed by atoms with van der Waals surface area (Å²) in [5.74, 6) is 0. The third-order valence-corrected chi connectivity index (χ3v) is 2.55. The molecule has 78 valence electrons. The van der Waals surface area contributed by atoms with E-state index >= 15 is 0 Å². The second kappa shape index (κ2) is 5.69. The van der Waals surface area contributed by atoms with Crippen LogP contribution >= 0.6 is 0 Å². The average molecular weight is 191 g/mol. The molecule has 0 atom stereocenters. The van der Waals surface area contributed by atoms with E-state index in [4.69, 9.17) is 5.73 Å². The highest BCUT2D eigenvalue weighted by Crippen LogP contribution is 2.17. The molecule has 2 N–H and O–H groups in total. The zero-order chi connectivity index (χ0) is 10.4. The number of hydrogen-bond donors (Lipinski definition) is 1. The van der Waals surface area contributed by atoms with Crippen molar-refractivity contribution in [1.29, 1.82) is 0 Å². The summed E-state index contributed by atoms with van der Waals surface area (Å²) in [6.07, 6.45) is 6.08. The van der Waals surface area contributed by atoms with Crippen LogP contribution in [0.25, 0.3) is 0 Å². The summed E-state index contributed by atoms with van der Waals surface area (Å²) in [6, 6.07) is 6.34. The van der Waals surface area contributed by atoms with Crippen molar-refractivity contribution >= 4 is 5.69 Å². The van der Waals surface area contributed by atoms with Gasteiger partial charge >= 0.3 is 0 Å². The standard InChI is InChI=1S/C13H21N/c1-3-5-7-12-10-13(14)9-8-11(12)6-4-2/h8-10H,3-7,14H2,1-2H3. The van der Waals surface area contributed by atoms with E-state index in [0.29, 0.717) is 0 Å². The lowest BCUT2D eigenvalue weighted by Gasteiger charge is -2.09. The van der Waals surface area contributed by atoms with Crippen LogP contribution < -0.4 is 5.73 Å². The molecule has 0 heterocycles. The highest BCUT2D eigenvalue weighted by molar-refractivity contribution is 5.44. The molecular weight excluding hydrogens is 170 g/mol. The molecular formula is C13H21N. The number of benzene rings is 1. The molecule has 1 heteroatoms. The Kier molecular flexibility index (Phi) is 4.51. The third kappa shape index (κ3) is 3.06. The molecule has 0 amide bonds. The molecule has 0 radical (unpaired) electrons. The zero-order valence-electron chi connectivity index (χ0n) is 9.34. The summed E-state index contributed by atoms with van der Waals surface area (Å²) >= 11 is 0. The van der Waals surface area contributed by atoms with Gasteiger partial charge in [0.05, 0.1) is 0 Å². The Bertz CT molecular complexity index is 279. The number of nitrogens with two attached hydrogens (primary N) is 1. The van der Waals surface area contributed by atoms with Crippen LogP contribution in [-0.2, 0) is 12.8 Å². The van der Waals surface area contributed by atoms with Crippen LogP contribution in [0.3, 0.4) is 0 Å². The van der Waals surface area contributed by atoms with Gasteiger partial charge in [-0.2, -0.15) is 0 Å². The Morgan fingerprint density at radius 3 is 2.43 bits per heavy atom. The van der Waals surface area contributed by atoms with E-state index in [1.54, 1.807) is 0 Å². The van der Waals surface area contributed by atoms with Crippen LogP contribution in [0.4, 0.5) is 5.69 Å². The Morgan fingerprint density at radius 1 is 1.00 bits per heavy atom. The minimum Gasteiger partial charge on any atom is -0.399 e. The first kappa shape index (κ1) is 11.1. The third-order valence-electron chi connectivity index (χ3n) is 2.55. The van der Waals surface area contributed by atoms with Gasteiger partial charge in [0.1, 0.15) is 0 Å². The number of rotatable bonds is 5. The van der Waals surface area contributed by atoms with Crippen molar-refractivity contribution < 1.29 is 0 Å². The predicted molar refractivity (Wildman–Crippen MR) is 63.5 cm³/mol. The summed E-state index contributed by atoms with van der Waals surface area (Å²) < 4.78 is 0. The lowest BCUT2D eigenvalue weighted by Crippen LogP contribution is -1.96. The SMILES string of the molecule is CCCCc1cc(N)ccc1CCC. The number of aryl methyl sites for hydroxylation is 2. The first-order chi connectivity index (χ1) is 6.77. The Balaban J connectivity index is 2.79. The minimum absolute atomic E-state index is 0.899. The van der Waals surface area contributed by atoms with Crippen molar-refractivity contribution in [2.45, 2.75) is 46.0 Å². The maximum absolute atomic E-state index is 5.80. The molecule has 0 aliphatic rings. The monoisotopic (exact) mass is 191 g/mol. The van der Waals surface area contributed by atoms with Gasteiger partial charge in [-0.15, -0.1) is 0 Å². The molecule has 1 nitrogen and oxygen atoms in total. The summed E-state index contributed by atoms with van der Waals surface area (Å²) in [4.78, 5) is 0. The second-order valence-corrected chi connectivity index (χ2v) is 3.88. The van der Waals surface area contributed by atoms with Crippen LogP contribution in [0.15, 0.2) is 18.2 Å². The molecule has 0 saturated heterocycles. The average Bonchev–Trinajstić information content (AvgIpc) is 2.18. The van der Waals surface area contributed by atoms with Crippen molar-refractivity contribution in [3.63, 3.8) is 0 Å². The van der Waals surface area contributed by atoms with Crippen LogP contribution in [0, 0.1) is 0 Å². The van der Waals surface area contributed by atoms with Crippen LogP contribution in [0.2, 0.25) is 0 Å². The van der Waals surface area contributed by atoms with Gasteiger partial charge in [0.15, 0.2) is 0 Å². The van der Waals surface area contributed by atoms with Crippen molar-refractivity contribution in [3.8, 4) is 0 Å². The molecule has 0 aliphatic heterocycles. The lowest BCUT2D eigenvalue weighted by atomic mass is 9.98. The van der Waals surface area contributed by atoms with E-state index < -0.39 is 0 Å². The molecule has 0 bridgehead atoms. The van der Waals surface area contributed by atoms with Crippen LogP contribution in [0.5, 0.6) is 0 Å². The first-order valence-electron chi connectivity index (χ1n) is 5.65. The Hall–Kier alpha value is -0.980. The summed E-state index contributed by atoms with van der Waals surface area (Å²) in [5, 5.41) is 0. The fourth-order valence-electron chi connectivity index (χ4n) is 1.76. The molecule has 0 aliphatic carbocycles. The normalized spacial score (nSPS) is 10.4. The smallest absolute Gasteiger partial charge is 0.0316 e. The van der Waals surface area contributed by atoms with Gasteiger partial charge in [-0.1, -0.05) is 32.8 Å². The number of nitrogen functional groups attached to an aromatic ring is 1. The van der Waals surface area contributed by atoms with Crippen LogP contribution in [-0.4, -0.2) is 0 Å². The van der Waals surface area contributed by atoms with E-state index in [1.165, 1.54) is 43.2 Å². The van der Waals surface area contributed by atoms with Crippen molar-refractivity contribution in [2.75, 3.05) is 5.73 Å². The van der Waals surface area contributed by atoms with E-state index in [1.807, 2.05) is 6.07 Å². The van der Waals surface area contributed by atoms with E-state index in [2.05, 4.69) is 26.0 Å². The van der Waals surface area contributed by atoms with Gasteiger partial charge in [-0.3, -0.25) is 0 Å². The fraction of sp³-hybridized carbons (Fsp3) is 0.538. The number of unbranched alkanes of at least 4 members (excludes halogenated alkanes) is 1. The number of anilines is 1. The van der Waals surface area contributed by atoms with E-state index in [9.17, 15) is 0 Å². The predicted octanol–water partition coefficient (Wildman–Crippen LogP) is 3.56. The maximum atomic E-state index is 5.80. The molecule has 14 heavy (non-hydrogen) atoms. The Labute approximate surface area is 87.3 Å². The van der Waals surface area contributed by atoms with Gasteiger partial charge in [0, 0.05) is 5.69 Å². The fourth-order valence-corrected chi connectivity index (χ4v) is 1.76. The van der Waals surface area contributed by atoms with Gasteiger partial charge in [-0.25, -0.2) is 0 Å². The quantitative estimate of drug-likeness (QED) is 0.707. The van der Waals surface area contributed by atoms with Crippen molar-refractivity contribution in [1.82, 2.24) is 0 Å². The van der Waals surface area contributed by atoms with E-state index in [0.717, 1.165) is 5.69 Å². The second-order valence-electron chi connectivity index (χ2n) is 3.88. The highest BCUT2D eigenvalue weighted by atomic mass is 14.5. The highest BCUT2D eigenvalue weighted by Gasteiger charge is 2.01. The van der Waals surface area contributed by atoms with Gasteiger partial charge in [0.25, 0.3) is 0 Å². The van der Waals surface area contributed by atoms with Gasteiger partial charge in [0.2, 0.25) is 0 Å². The van der Waals surface area contributed by atoms with Gasteiger partial charge in [-0.05, 0) is 42.5 Å². The summed E-state index contributed by atoms with van der Waals surface area (Å²) in [7, 11) is 0. The Morgan fingerprint density at radius 2 is 1.79 bits per heavy atom. The molecule has 0 saturated carbocycles. The lowest BCUT2D eigenvalue weighted by molar-refractivity contribution is 0.780. The van der Waals surface area contributed by atoms with E-state index in [-0.39, 0.29) is 0 Å².